The molecule has 0 aromatic heterocycles. The molecule has 4 aromatic carbocycles. The number of carbonyl (C=O) groups is 1. The molecule has 0 spiro atoms. The van der Waals surface area contributed by atoms with E-state index in [-0.39, 0.29) is 6.61 Å². The van der Waals surface area contributed by atoms with Crippen LogP contribution in [0.5, 0.6) is 11.5 Å². The van der Waals surface area contributed by atoms with E-state index in [4.69, 9.17) is 9.47 Å². The van der Waals surface area contributed by atoms with Gasteiger partial charge < -0.3 is 9.47 Å². The molecule has 0 aliphatic carbocycles. The van der Waals surface area contributed by atoms with Gasteiger partial charge in [-0.15, -0.1) is 0 Å². The van der Waals surface area contributed by atoms with Crippen LogP contribution in [0.3, 0.4) is 0 Å². The molecule has 0 radical (unpaired) electrons. The average Bonchev–Trinajstić information content (AvgIpc) is 2.68. The Kier molecular flexibility index (Phi) is 4.59. The highest BCUT2D eigenvalue weighted by atomic mass is 79.9. The lowest BCUT2D eigenvalue weighted by atomic mass is 10.1. The minimum absolute atomic E-state index is 0.167. The molecule has 0 atom stereocenters. The number of esters is 1. The van der Waals surface area contributed by atoms with Crippen molar-refractivity contribution in [3.8, 4) is 11.5 Å². The van der Waals surface area contributed by atoms with Gasteiger partial charge in [-0.1, -0.05) is 66.7 Å². The molecular weight excluding hydrogens is 392 g/mol. The summed E-state index contributed by atoms with van der Waals surface area (Å²) < 4.78 is 12.0. The first-order valence-electron chi connectivity index (χ1n) is 8.21. The topological polar surface area (TPSA) is 35.5 Å². The summed E-state index contributed by atoms with van der Waals surface area (Å²) in [5.74, 6) is 0.703. The van der Waals surface area contributed by atoms with Crippen molar-refractivity contribution in [2.24, 2.45) is 0 Å². The zero-order valence-corrected chi connectivity index (χ0v) is 15.4. The molecule has 4 rings (SSSR count). The number of carbonyl (C=O) groups excluding carboxylic acids is 1. The van der Waals surface area contributed by atoms with E-state index in [0.717, 1.165) is 26.0 Å². The molecular formula is C22H15BrO3. The average molecular weight is 407 g/mol. The van der Waals surface area contributed by atoms with Gasteiger partial charge in [-0.3, -0.25) is 0 Å². The van der Waals surface area contributed by atoms with Gasteiger partial charge in [0.2, 0.25) is 0 Å². The molecule has 128 valence electrons. The summed E-state index contributed by atoms with van der Waals surface area (Å²) in [5.41, 5.74) is 0. The van der Waals surface area contributed by atoms with Crippen LogP contribution in [0.25, 0.3) is 21.5 Å². The van der Waals surface area contributed by atoms with Crippen molar-refractivity contribution in [2.75, 3.05) is 6.61 Å². The largest absolute Gasteiger partial charge is 0.481 e. The third kappa shape index (κ3) is 3.28. The minimum Gasteiger partial charge on any atom is -0.481 e. The molecule has 0 aliphatic rings. The molecule has 0 fully saturated rings. The van der Waals surface area contributed by atoms with Crippen molar-refractivity contribution in [3.63, 3.8) is 0 Å². The van der Waals surface area contributed by atoms with Gasteiger partial charge in [-0.25, -0.2) is 4.79 Å². The minimum atomic E-state index is -0.443. The van der Waals surface area contributed by atoms with Gasteiger partial charge >= 0.3 is 5.97 Å². The highest BCUT2D eigenvalue weighted by molar-refractivity contribution is 9.10. The summed E-state index contributed by atoms with van der Waals surface area (Å²) in [6.45, 7) is -0.167. The Morgan fingerprint density at radius 1 is 0.731 bits per heavy atom. The highest BCUT2D eigenvalue weighted by Crippen LogP contribution is 2.33. The maximum atomic E-state index is 12.2. The van der Waals surface area contributed by atoms with Crippen molar-refractivity contribution >= 4 is 43.4 Å². The van der Waals surface area contributed by atoms with E-state index in [9.17, 15) is 4.79 Å². The Morgan fingerprint density at radius 3 is 2.19 bits per heavy atom. The van der Waals surface area contributed by atoms with Crippen molar-refractivity contribution < 1.29 is 14.3 Å². The third-order valence-electron chi connectivity index (χ3n) is 4.15. The summed E-state index contributed by atoms with van der Waals surface area (Å²) in [5, 5.41) is 4.06. The van der Waals surface area contributed by atoms with Crippen LogP contribution in [0.15, 0.2) is 83.3 Å². The van der Waals surface area contributed by atoms with E-state index in [1.165, 1.54) is 0 Å². The van der Waals surface area contributed by atoms with E-state index in [0.29, 0.717) is 11.5 Å². The standard InChI is InChI=1S/C22H15BrO3/c23-22-18-10-4-2-7-16(18)12-13-20(22)25-14-21(24)26-19-11-5-8-15-6-1-3-9-17(15)19/h1-13H,14H2. The van der Waals surface area contributed by atoms with Crippen LogP contribution >= 0.6 is 15.9 Å². The van der Waals surface area contributed by atoms with Gasteiger partial charge in [0, 0.05) is 5.39 Å². The Labute approximate surface area is 159 Å². The second kappa shape index (κ2) is 7.18. The fourth-order valence-electron chi connectivity index (χ4n) is 2.90. The second-order valence-corrected chi connectivity index (χ2v) is 6.63. The SMILES string of the molecule is O=C(COc1ccc2ccccc2c1Br)Oc1cccc2ccccc12. The fraction of sp³-hybridized carbons (Fsp3) is 0.0455. The molecule has 3 nitrogen and oxygen atoms in total. The van der Waals surface area contributed by atoms with Gasteiger partial charge in [-0.2, -0.15) is 0 Å². The second-order valence-electron chi connectivity index (χ2n) is 5.84. The lowest BCUT2D eigenvalue weighted by Crippen LogP contribution is -2.18. The molecule has 0 amide bonds. The van der Waals surface area contributed by atoms with Crippen LogP contribution in [0.1, 0.15) is 0 Å². The molecule has 0 aliphatic heterocycles. The van der Waals surface area contributed by atoms with Gasteiger partial charge in [-0.05, 0) is 44.2 Å². The van der Waals surface area contributed by atoms with Crippen LogP contribution in [0, 0.1) is 0 Å². The van der Waals surface area contributed by atoms with Crippen molar-refractivity contribution in [2.45, 2.75) is 0 Å². The third-order valence-corrected chi connectivity index (χ3v) is 4.96. The Hall–Kier alpha value is -2.85. The normalized spacial score (nSPS) is 10.8. The van der Waals surface area contributed by atoms with E-state index in [2.05, 4.69) is 15.9 Å². The zero-order valence-electron chi connectivity index (χ0n) is 13.8. The van der Waals surface area contributed by atoms with Crippen LogP contribution in [0.2, 0.25) is 0 Å². The van der Waals surface area contributed by atoms with E-state index >= 15 is 0 Å². The Balaban J connectivity index is 1.50. The van der Waals surface area contributed by atoms with Crippen molar-refractivity contribution in [1.29, 1.82) is 0 Å². The Morgan fingerprint density at radius 2 is 1.38 bits per heavy atom. The smallest absolute Gasteiger partial charge is 0.349 e. The number of hydrogen-bond donors (Lipinski definition) is 0. The quantitative estimate of drug-likeness (QED) is 0.320. The van der Waals surface area contributed by atoms with E-state index in [1.807, 2.05) is 72.8 Å². The molecule has 0 bridgehead atoms. The monoisotopic (exact) mass is 406 g/mol. The maximum Gasteiger partial charge on any atom is 0.349 e. The van der Waals surface area contributed by atoms with Gasteiger partial charge in [0.15, 0.2) is 6.61 Å². The first-order valence-corrected chi connectivity index (χ1v) is 9.00. The molecule has 0 heterocycles. The number of ether oxygens (including phenoxy) is 2. The number of rotatable bonds is 4. The molecule has 0 saturated carbocycles. The lowest BCUT2D eigenvalue weighted by molar-refractivity contribution is -0.136. The highest BCUT2D eigenvalue weighted by Gasteiger charge is 2.11. The number of hydrogen-bond acceptors (Lipinski definition) is 3. The number of halogens is 1. The predicted molar refractivity (Wildman–Crippen MR) is 107 cm³/mol. The van der Waals surface area contributed by atoms with Crippen LogP contribution in [-0.2, 0) is 4.79 Å². The first-order chi connectivity index (χ1) is 12.7. The van der Waals surface area contributed by atoms with Crippen molar-refractivity contribution in [1.82, 2.24) is 0 Å². The molecule has 0 saturated heterocycles. The van der Waals surface area contributed by atoms with E-state index < -0.39 is 5.97 Å². The van der Waals surface area contributed by atoms with Gasteiger partial charge in [0.25, 0.3) is 0 Å². The van der Waals surface area contributed by atoms with Crippen LogP contribution in [-0.4, -0.2) is 12.6 Å². The zero-order chi connectivity index (χ0) is 17.9. The molecule has 4 aromatic rings. The van der Waals surface area contributed by atoms with E-state index in [1.54, 1.807) is 6.07 Å². The van der Waals surface area contributed by atoms with Crippen LogP contribution < -0.4 is 9.47 Å². The van der Waals surface area contributed by atoms with Gasteiger partial charge in [0.1, 0.15) is 11.5 Å². The summed E-state index contributed by atoms with van der Waals surface area (Å²) in [6.07, 6.45) is 0. The molecule has 26 heavy (non-hydrogen) atoms. The van der Waals surface area contributed by atoms with Crippen LogP contribution in [0.4, 0.5) is 0 Å². The van der Waals surface area contributed by atoms with Gasteiger partial charge in [0.05, 0.1) is 4.47 Å². The van der Waals surface area contributed by atoms with Crippen molar-refractivity contribution in [3.05, 3.63) is 83.3 Å². The summed E-state index contributed by atoms with van der Waals surface area (Å²) in [6, 6.07) is 25.2. The summed E-state index contributed by atoms with van der Waals surface area (Å²) >= 11 is 3.55. The molecule has 0 unspecified atom stereocenters. The summed E-state index contributed by atoms with van der Waals surface area (Å²) in [4.78, 5) is 12.2. The summed E-state index contributed by atoms with van der Waals surface area (Å²) in [7, 11) is 0. The Bertz CT molecular complexity index is 1100. The lowest BCUT2D eigenvalue weighted by Gasteiger charge is -2.11. The number of fused-ring (bicyclic) bond motifs is 2. The fourth-order valence-corrected chi connectivity index (χ4v) is 3.51. The first kappa shape index (κ1) is 16.6. The maximum absolute atomic E-state index is 12.2. The number of benzene rings is 4. The molecule has 0 N–H and O–H groups in total. The molecule has 4 heteroatoms. The predicted octanol–water partition coefficient (Wildman–Crippen LogP) is 5.74.